The molecule has 0 aliphatic carbocycles. The molecule has 1 N–H and O–H groups in total. The van der Waals surface area contributed by atoms with Gasteiger partial charge < -0.3 is 19.3 Å². The molecule has 0 aromatic heterocycles. The number of halogens is 1. The molecule has 21 heavy (non-hydrogen) atoms. The Morgan fingerprint density at radius 2 is 1.95 bits per heavy atom. The summed E-state index contributed by atoms with van der Waals surface area (Å²) in [5.74, 6) is -1.51. The fourth-order valence-corrected chi connectivity index (χ4v) is 1.56. The van der Waals surface area contributed by atoms with Crippen LogP contribution in [0.2, 0.25) is 0 Å². The van der Waals surface area contributed by atoms with Gasteiger partial charge in [-0.1, -0.05) is 6.07 Å². The minimum atomic E-state index is -1.09. The zero-order chi connectivity index (χ0) is 15.5. The van der Waals surface area contributed by atoms with Crippen LogP contribution in [0.15, 0.2) is 24.3 Å². The molecule has 0 fully saturated rings. The van der Waals surface area contributed by atoms with Crippen molar-refractivity contribution >= 4 is 12.0 Å². The molecular formula is C15H19FO5. The van der Waals surface area contributed by atoms with Gasteiger partial charge in [-0.3, -0.25) is 0 Å². The van der Waals surface area contributed by atoms with Gasteiger partial charge >= 0.3 is 5.97 Å². The minimum absolute atomic E-state index is 0.257. The summed E-state index contributed by atoms with van der Waals surface area (Å²) in [6, 6.07) is 4.15. The van der Waals surface area contributed by atoms with Crippen molar-refractivity contribution < 1.29 is 28.5 Å². The molecule has 0 aliphatic heterocycles. The van der Waals surface area contributed by atoms with Crippen LogP contribution in [-0.4, -0.2) is 44.6 Å². The van der Waals surface area contributed by atoms with E-state index >= 15 is 0 Å². The van der Waals surface area contributed by atoms with Crippen molar-refractivity contribution in [2.45, 2.75) is 6.61 Å². The predicted molar refractivity (Wildman–Crippen MR) is 75.4 cm³/mol. The van der Waals surface area contributed by atoms with Gasteiger partial charge in [0.15, 0.2) is 0 Å². The molecule has 0 heterocycles. The van der Waals surface area contributed by atoms with E-state index in [2.05, 4.69) is 0 Å². The summed E-state index contributed by atoms with van der Waals surface area (Å²) in [5.41, 5.74) is 1.20. The monoisotopic (exact) mass is 298 g/mol. The number of hydrogen-bond acceptors (Lipinski definition) is 4. The molecule has 6 heteroatoms. The fourth-order valence-electron chi connectivity index (χ4n) is 1.56. The van der Waals surface area contributed by atoms with Gasteiger partial charge in [0.05, 0.1) is 33.0 Å². The second-order valence-corrected chi connectivity index (χ2v) is 4.17. The maximum atomic E-state index is 13.2. The van der Waals surface area contributed by atoms with Crippen molar-refractivity contribution in [3.8, 4) is 0 Å². The molecule has 5 nitrogen and oxygen atoms in total. The summed E-state index contributed by atoms with van der Waals surface area (Å²) in [7, 11) is 1.60. The van der Waals surface area contributed by atoms with Crippen molar-refractivity contribution in [3.05, 3.63) is 41.2 Å². The molecule has 0 spiro atoms. The summed E-state index contributed by atoms with van der Waals surface area (Å²) in [6.07, 6.45) is 2.31. The van der Waals surface area contributed by atoms with E-state index in [0.29, 0.717) is 37.6 Å². The molecule has 1 aromatic rings. The van der Waals surface area contributed by atoms with E-state index in [0.717, 1.165) is 6.08 Å². The first-order valence-corrected chi connectivity index (χ1v) is 6.47. The van der Waals surface area contributed by atoms with E-state index in [-0.39, 0.29) is 6.61 Å². The smallest absolute Gasteiger partial charge is 0.328 e. The molecule has 1 aromatic carbocycles. The predicted octanol–water partition coefficient (Wildman–Crippen LogP) is 2.10. The van der Waals surface area contributed by atoms with E-state index in [1.54, 1.807) is 13.2 Å². The molecule has 0 unspecified atom stereocenters. The fraction of sp³-hybridized carbons (Fsp3) is 0.400. The van der Waals surface area contributed by atoms with Crippen LogP contribution >= 0.6 is 0 Å². The summed E-state index contributed by atoms with van der Waals surface area (Å²) in [5, 5.41) is 8.61. The lowest BCUT2D eigenvalue weighted by atomic mass is 10.1. The van der Waals surface area contributed by atoms with Crippen molar-refractivity contribution in [3.63, 3.8) is 0 Å². The van der Waals surface area contributed by atoms with Crippen molar-refractivity contribution in [1.29, 1.82) is 0 Å². The summed E-state index contributed by atoms with van der Waals surface area (Å²) in [6.45, 7) is 2.12. The van der Waals surface area contributed by atoms with E-state index in [1.165, 1.54) is 18.2 Å². The van der Waals surface area contributed by atoms with Gasteiger partial charge in [0.1, 0.15) is 5.82 Å². The largest absolute Gasteiger partial charge is 0.478 e. The average Bonchev–Trinajstić information content (AvgIpc) is 2.45. The Labute approximate surface area is 122 Å². The molecule has 0 amide bonds. The molecule has 0 saturated heterocycles. The lowest BCUT2D eigenvalue weighted by molar-refractivity contribution is -0.131. The summed E-state index contributed by atoms with van der Waals surface area (Å²) >= 11 is 0. The zero-order valence-electron chi connectivity index (χ0n) is 11.9. The first-order chi connectivity index (χ1) is 10.1. The Balaban J connectivity index is 2.45. The van der Waals surface area contributed by atoms with Gasteiger partial charge in [0.25, 0.3) is 0 Å². The molecule has 0 atom stereocenters. The lowest BCUT2D eigenvalue weighted by Crippen LogP contribution is -2.08. The number of carboxylic acids is 1. The van der Waals surface area contributed by atoms with Crippen LogP contribution in [0.3, 0.4) is 0 Å². The number of rotatable bonds is 10. The van der Waals surface area contributed by atoms with Gasteiger partial charge in [-0.25, -0.2) is 9.18 Å². The molecule has 0 aliphatic rings. The van der Waals surface area contributed by atoms with Gasteiger partial charge in [0.2, 0.25) is 0 Å². The van der Waals surface area contributed by atoms with Crippen LogP contribution in [0.4, 0.5) is 4.39 Å². The topological polar surface area (TPSA) is 65.0 Å². The van der Waals surface area contributed by atoms with E-state index < -0.39 is 11.8 Å². The third-order valence-electron chi connectivity index (χ3n) is 2.57. The second kappa shape index (κ2) is 10.0. The minimum Gasteiger partial charge on any atom is -0.478 e. The van der Waals surface area contributed by atoms with Crippen molar-refractivity contribution in [2.24, 2.45) is 0 Å². The van der Waals surface area contributed by atoms with Gasteiger partial charge in [-0.2, -0.15) is 0 Å². The molecule has 0 radical (unpaired) electrons. The van der Waals surface area contributed by atoms with Crippen LogP contribution in [-0.2, 0) is 25.6 Å². The Morgan fingerprint density at radius 1 is 1.24 bits per heavy atom. The maximum absolute atomic E-state index is 13.2. The van der Waals surface area contributed by atoms with Gasteiger partial charge in [0, 0.05) is 13.2 Å². The SMILES string of the molecule is COCCOCCOCc1ccc(F)cc1/C=C/C(=O)O. The van der Waals surface area contributed by atoms with Crippen molar-refractivity contribution in [1.82, 2.24) is 0 Å². The Morgan fingerprint density at radius 3 is 2.67 bits per heavy atom. The van der Waals surface area contributed by atoms with Gasteiger partial charge in [-0.15, -0.1) is 0 Å². The zero-order valence-corrected chi connectivity index (χ0v) is 11.9. The van der Waals surface area contributed by atoms with E-state index in [4.69, 9.17) is 19.3 Å². The first-order valence-electron chi connectivity index (χ1n) is 6.47. The van der Waals surface area contributed by atoms with Crippen LogP contribution in [0.5, 0.6) is 0 Å². The first kappa shape index (κ1) is 17.3. The summed E-state index contributed by atoms with van der Waals surface area (Å²) < 4.78 is 28.7. The van der Waals surface area contributed by atoms with Crippen molar-refractivity contribution in [2.75, 3.05) is 33.5 Å². The highest BCUT2D eigenvalue weighted by Crippen LogP contribution is 2.14. The number of carboxylic acid groups (broad SMARTS) is 1. The third-order valence-corrected chi connectivity index (χ3v) is 2.57. The number of benzene rings is 1. The third kappa shape index (κ3) is 7.55. The number of ether oxygens (including phenoxy) is 3. The molecule has 0 bridgehead atoms. The number of methoxy groups -OCH3 is 1. The number of hydrogen-bond donors (Lipinski definition) is 1. The highest BCUT2D eigenvalue weighted by atomic mass is 19.1. The van der Waals surface area contributed by atoms with Crippen LogP contribution in [0.1, 0.15) is 11.1 Å². The van der Waals surface area contributed by atoms with Crippen LogP contribution in [0.25, 0.3) is 6.08 Å². The van der Waals surface area contributed by atoms with Crippen LogP contribution < -0.4 is 0 Å². The highest BCUT2D eigenvalue weighted by molar-refractivity contribution is 5.85. The van der Waals surface area contributed by atoms with Gasteiger partial charge in [-0.05, 0) is 29.3 Å². The standard InChI is InChI=1S/C15H19FO5/c1-19-6-7-20-8-9-21-11-13-2-4-14(16)10-12(13)3-5-15(17)18/h2-5,10H,6-9,11H2,1H3,(H,17,18)/b5-3+. The van der Waals surface area contributed by atoms with E-state index in [9.17, 15) is 9.18 Å². The Hall–Kier alpha value is -1.76. The Bertz CT molecular complexity index is 473. The molecule has 1 rings (SSSR count). The summed E-state index contributed by atoms with van der Waals surface area (Å²) in [4.78, 5) is 10.5. The quantitative estimate of drug-likeness (QED) is 0.529. The van der Waals surface area contributed by atoms with E-state index in [1.807, 2.05) is 0 Å². The Kier molecular flexibility index (Phi) is 8.27. The molecule has 0 saturated carbocycles. The highest BCUT2D eigenvalue weighted by Gasteiger charge is 2.03. The number of carbonyl (C=O) groups is 1. The van der Waals surface area contributed by atoms with Crippen LogP contribution in [0, 0.1) is 5.82 Å². The molecule has 116 valence electrons. The lowest BCUT2D eigenvalue weighted by Gasteiger charge is -2.08. The maximum Gasteiger partial charge on any atom is 0.328 e. The normalized spacial score (nSPS) is 11.1. The second-order valence-electron chi connectivity index (χ2n) is 4.17. The number of aliphatic carboxylic acids is 1. The molecular weight excluding hydrogens is 279 g/mol. The average molecular weight is 298 g/mol.